The van der Waals surface area contributed by atoms with Crippen molar-refractivity contribution in [2.24, 2.45) is 5.73 Å². The molecule has 5 heteroatoms. The molecule has 0 fully saturated rings. The summed E-state index contributed by atoms with van der Waals surface area (Å²) in [6.45, 7) is 0.177. The van der Waals surface area contributed by atoms with Crippen LogP contribution in [0.1, 0.15) is 17.0 Å². The Morgan fingerprint density at radius 3 is 2.58 bits per heavy atom. The van der Waals surface area contributed by atoms with Crippen LogP contribution in [0.3, 0.4) is 0 Å². The molecule has 5 nitrogen and oxygen atoms in total. The molecule has 2 aliphatic rings. The standard InChI is InChI=1S/C19H14N2O3/c20-10-15-13(7-6-12-4-2-1-3-5-12)14-8-17-18(23-11-22-17)9-16(14)24-19(15)21/h1-9,13H,11,21H2/b7-6+/t13-/m0/s1. The first-order valence-corrected chi connectivity index (χ1v) is 7.50. The Labute approximate surface area is 139 Å². The minimum absolute atomic E-state index is 0.117. The fourth-order valence-electron chi connectivity index (χ4n) is 2.85. The molecule has 0 saturated carbocycles. The highest BCUT2D eigenvalue weighted by molar-refractivity contribution is 5.62. The van der Waals surface area contributed by atoms with E-state index in [9.17, 15) is 5.26 Å². The number of allylic oxidation sites excluding steroid dienone is 2. The van der Waals surface area contributed by atoms with Crippen LogP contribution >= 0.6 is 0 Å². The molecule has 4 rings (SSSR count). The highest BCUT2D eigenvalue weighted by atomic mass is 16.7. The van der Waals surface area contributed by atoms with E-state index in [1.807, 2.05) is 48.6 Å². The van der Waals surface area contributed by atoms with Gasteiger partial charge in [0, 0.05) is 17.5 Å². The molecule has 2 aliphatic heterocycles. The molecule has 0 unspecified atom stereocenters. The Balaban J connectivity index is 1.79. The van der Waals surface area contributed by atoms with Crippen LogP contribution in [0, 0.1) is 11.3 Å². The molecular formula is C19H14N2O3. The van der Waals surface area contributed by atoms with Crippen molar-refractivity contribution in [1.29, 1.82) is 5.26 Å². The number of hydrogen-bond acceptors (Lipinski definition) is 5. The van der Waals surface area contributed by atoms with E-state index in [0.717, 1.165) is 11.1 Å². The van der Waals surface area contributed by atoms with Gasteiger partial charge in [-0.2, -0.15) is 5.26 Å². The topological polar surface area (TPSA) is 77.5 Å². The molecule has 0 aromatic heterocycles. The van der Waals surface area contributed by atoms with Gasteiger partial charge in [-0.3, -0.25) is 0 Å². The smallest absolute Gasteiger partial charge is 0.231 e. The van der Waals surface area contributed by atoms with Crippen LogP contribution in [0.5, 0.6) is 17.2 Å². The van der Waals surface area contributed by atoms with Crippen LogP contribution in [0.4, 0.5) is 0 Å². The fraction of sp³-hybridized carbons (Fsp3) is 0.105. The summed E-state index contributed by atoms with van der Waals surface area (Å²) >= 11 is 0. The summed E-state index contributed by atoms with van der Waals surface area (Å²) in [7, 11) is 0. The van der Waals surface area contributed by atoms with Crippen LogP contribution in [0.25, 0.3) is 6.08 Å². The average molecular weight is 318 g/mol. The van der Waals surface area contributed by atoms with Crippen molar-refractivity contribution in [2.75, 3.05) is 6.79 Å². The molecule has 0 saturated heterocycles. The predicted octanol–water partition coefficient (Wildman–Crippen LogP) is 3.30. The maximum Gasteiger partial charge on any atom is 0.231 e. The zero-order valence-corrected chi connectivity index (χ0v) is 12.7. The molecule has 0 amide bonds. The highest BCUT2D eigenvalue weighted by Gasteiger charge is 2.30. The van der Waals surface area contributed by atoms with Gasteiger partial charge in [0.25, 0.3) is 0 Å². The maximum absolute atomic E-state index is 9.49. The van der Waals surface area contributed by atoms with Crippen molar-refractivity contribution in [3.8, 4) is 23.3 Å². The molecule has 0 spiro atoms. The molecule has 0 aliphatic carbocycles. The Morgan fingerprint density at radius 2 is 1.83 bits per heavy atom. The predicted molar refractivity (Wildman–Crippen MR) is 88.2 cm³/mol. The molecule has 118 valence electrons. The summed E-state index contributed by atoms with van der Waals surface area (Å²) in [5, 5.41) is 9.49. The van der Waals surface area contributed by atoms with Crippen molar-refractivity contribution < 1.29 is 14.2 Å². The molecule has 1 atom stereocenters. The molecule has 2 aromatic carbocycles. The lowest BCUT2D eigenvalue weighted by atomic mass is 9.88. The number of hydrogen-bond donors (Lipinski definition) is 1. The third kappa shape index (κ3) is 2.34. The van der Waals surface area contributed by atoms with Gasteiger partial charge in [0.05, 0.1) is 0 Å². The van der Waals surface area contributed by atoms with E-state index in [1.54, 1.807) is 6.07 Å². The molecule has 0 bridgehead atoms. The Hall–Kier alpha value is -3.39. The summed E-state index contributed by atoms with van der Waals surface area (Å²) in [5.41, 5.74) is 8.20. The number of ether oxygens (including phenoxy) is 3. The van der Waals surface area contributed by atoms with Crippen molar-refractivity contribution in [3.05, 3.63) is 71.1 Å². The summed E-state index contributed by atoms with van der Waals surface area (Å²) in [5.74, 6) is 1.67. The van der Waals surface area contributed by atoms with Crippen molar-refractivity contribution in [1.82, 2.24) is 0 Å². The Morgan fingerprint density at radius 1 is 1.08 bits per heavy atom. The number of nitrogens with two attached hydrogens (primary N) is 1. The number of nitrogens with zero attached hydrogens (tertiary/aromatic N) is 1. The van der Waals surface area contributed by atoms with Crippen molar-refractivity contribution >= 4 is 6.08 Å². The number of nitriles is 1. The summed E-state index contributed by atoms with van der Waals surface area (Å²) < 4.78 is 16.4. The normalized spacial score (nSPS) is 18.2. The van der Waals surface area contributed by atoms with E-state index in [2.05, 4.69) is 6.07 Å². The number of rotatable bonds is 2. The van der Waals surface area contributed by atoms with Crippen LogP contribution in [0.2, 0.25) is 0 Å². The van der Waals surface area contributed by atoms with Crippen molar-refractivity contribution in [3.63, 3.8) is 0 Å². The molecule has 2 N–H and O–H groups in total. The summed E-state index contributed by atoms with van der Waals surface area (Å²) in [4.78, 5) is 0. The van der Waals surface area contributed by atoms with Gasteiger partial charge in [-0.05, 0) is 11.6 Å². The summed E-state index contributed by atoms with van der Waals surface area (Å²) in [6, 6.07) is 15.6. The number of benzene rings is 2. The van der Waals surface area contributed by atoms with E-state index >= 15 is 0 Å². The minimum Gasteiger partial charge on any atom is -0.454 e. The maximum atomic E-state index is 9.49. The second kappa shape index (κ2) is 5.67. The van der Waals surface area contributed by atoms with Gasteiger partial charge in [0.15, 0.2) is 11.5 Å². The van der Waals surface area contributed by atoms with Gasteiger partial charge >= 0.3 is 0 Å². The zero-order chi connectivity index (χ0) is 16.5. The first kappa shape index (κ1) is 14.2. The third-order valence-electron chi connectivity index (χ3n) is 4.04. The molecular weight excluding hydrogens is 304 g/mol. The third-order valence-corrected chi connectivity index (χ3v) is 4.04. The van der Waals surface area contributed by atoms with Gasteiger partial charge in [0.2, 0.25) is 12.7 Å². The first-order valence-electron chi connectivity index (χ1n) is 7.50. The molecule has 2 aromatic rings. The largest absolute Gasteiger partial charge is 0.454 e. The van der Waals surface area contributed by atoms with Crippen LogP contribution in [-0.4, -0.2) is 6.79 Å². The first-order chi connectivity index (χ1) is 11.8. The molecule has 0 radical (unpaired) electrons. The van der Waals surface area contributed by atoms with Gasteiger partial charge < -0.3 is 19.9 Å². The van der Waals surface area contributed by atoms with E-state index < -0.39 is 0 Å². The monoisotopic (exact) mass is 318 g/mol. The van der Waals surface area contributed by atoms with E-state index in [-0.39, 0.29) is 18.6 Å². The minimum atomic E-state index is -0.298. The second-order valence-electron chi connectivity index (χ2n) is 5.48. The van der Waals surface area contributed by atoms with E-state index in [4.69, 9.17) is 19.9 Å². The van der Waals surface area contributed by atoms with Crippen LogP contribution in [0.15, 0.2) is 60.0 Å². The average Bonchev–Trinajstić information content (AvgIpc) is 3.06. The second-order valence-corrected chi connectivity index (χ2v) is 5.48. The van der Waals surface area contributed by atoms with Crippen LogP contribution < -0.4 is 19.9 Å². The number of fused-ring (bicyclic) bond motifs is 2. The lowest BCUT2D eigenvalue weighted by Crippen LogP contribution is -2.19. The van der Waals surface area contributed by atoms with Gasteiger partial charge in [-0.1, -0.05) is 42.5 Å². The molecule has 2 heterocycles. The fourth-order valence-corrected chi connectivity index (χ4v) is 2.85. The van der Waals surface area contributed by atoms with Crippen LogP contribution in [-0.2, 0) is 0 Å². The van der Waals surface area contributed by atoms with Gasteiger partial charge in [-0.15, -0.1) is 0 Å². The van der Waals surface area contributed by atoms with Gasteiger partial charge in [-0.25, -0.2) is 0 Å². The molecule has 24 heavy (non-hydrogen) atoms. The lowest BCUT2D eigenvalue weighted by molar-refractivity contribution is 0.174. The SMILES string of the molecule is N#CC1=C(N)Oc2cc3c(cc2[C@@H]1/C=C/c1ccccc1)OCO3. The lowest BCUT2D eigenvalue weighted by Gasteiger charge is -2.24. The van der Waals surface area contributed by atoms with Crippen molar-refractivity contribution in [2.45, 2.75) is 5.92 Å². The van der Waals surface area contributed by atoms with E-state index in [1.165, 1.54) is 0 Å². The highest BCUT2D eigenvalue weighted by Crippen LogP contribution is 2.46. The quantitative estimate of drug-likeness (QED) is 0.919. The Kier molecular flexibility index (Phi) is 3.36. The zero-order valence-electron chi connectivity index (χ0n) is 12.7. The van der Waals surface area contributed by atoms with Gasteiger partial charge in [0.1, 0.15) is 17.4 Å². The van der Waals surface area contributed by atoms with E-state index in [0.29, 0.717) is 22.8 Å². The summed E-state index contributed by atoms with van der Waals surface area (Å²) in [6.07, 6.45) is 3.92. The Bertz CT molecular complexity index is 895.